The molecule has 58 valence electrons. The Morgan fingerprint density at radius 2 is 2.10 bits per heavy atom. The van der Waals surface area contributed by atoms with Crippen molar-refractivity contribution in [2.24, 2.45) is 0 Å². The van der Waals surface area contributed by atoms with Crippen molar-refractivity contribution in [3.05, 3.63) is 12.2 Å². The van der Waals surface area contributed by atoms with Crippen LogP contribution < -0.4 is 0 Å². The highest BCUT2D eigenvalue weighted by Gasteiger charge is 1.98. The Morgan fingerprint density at radius 1 is 1.60 bits per heavy atom. The third-order valence-corrected chi connectivity index (χ3v) is 1.33. The molecule has 3 heteroatoms. The Hall–Kier alpha value is -0.830. The Balaban J connectivity index is 3.77. The van der Waals surface area contributed by atoms with E-state index < -0.39 is 5.97 Å². The van der Waals surface area contributed by atoms with Crippen LogP contribution in [0.25, 0.3) is 0 Å². The number of likely N-dealkylation sites (N-methyl/N-ethyl adjacent to an activating group) is 1. The molecule has 0 unspecified atom stereocenters. The van der Waals surface area contributed by atoms with E-state index in [-0.39, 0.29) is 6.04 Å². The fourth-order valence-corrected chi connectivity index (χ4v) is 0.394. The second-order valence-electron chi connectivity index (χ2n) is 2.40. The minimum Gasteiger partial charge on any atom is -0.478 e. The molecule has 1 N–H and O–H groups in total. The molecule has 1 atom stereocenters. The molecule has 0 aliphatic rings. The van der Waals surface area contributed by atoms with Gasteiger partial charge in [0.25, 0.3) is 0 Å². The van der Waals surface area contributed by atoms with Gasteiger partial charge >= 0.3 is 5.97 Å². The lowest BCUT2D eigenvalue weighted by atomic mass is 10.3. The first kappa shape index (κ1) is 9.17. The van der Waals surface area contributed by atoms with Crippen LogP contribution in [0.5, 0.6) is 0 Å². The fourth-order valence-electron chi connectivity index (χ4n) is 0.394. The number of hydrogen-bond acceptors (Lipinski definition) is 2. The Morgan fingerprint density at radius 3 is 2.40 bits per heavy atom. The molecule has 0 spiro atoms. The number of aliphatic carboxylic acids is 1. The maximum absolute atomic E-state index is 10.0. The van der Waals surface area contributed by atoms with Crippen LogP contribution in [0.1, 0.15) is 6.92 Å². The molecule has 0 aromatic carbocycles. The van der Waals surface area contributed by atoms with E-state index in [1.165, 1.54) is 0 Å². The van der Waals surface area contributed by atoms with Crippen molar-refractivity contribution in [3.8, 4) is 0 Å². The van der Waals surface area contributed by atoms with Crippen LogP contribution in [-0.4, -0.2) is 36.1 Å². The Kier molecular flexibility index (Phi) is 3.72. The monoisotopic (exact) mass is 143 g/mol. The van der Waals surface area contributed by atoms with E-state index >= 15 is 0 Å². The first-order valence-corrected chi connectivity index (χ1v) is 3.11. The van der Waals surface area contributed by atoms with Crippen molar-refractivity contribution in [1.29, 1.82) is 0 Å². The zero-order valence-electron chi connectivity index (χ0n) is 6.53. The lowest BCUT2D eigenvalue weighted by Crippen LogP contribution is -2.22. The molecular weight excluding hydrogens is 130 g/mol. The largest absolute Gasteiger partial charge is 0.478 e. The van der Waals surface area contributed by atoms with Gasteiger partial charge in [0, 0.05) is 12.1 Å². The normalized spacial score (nSPS) is 14.4. The molecule has 3 nitrogen and oxygen atoms in total. The second kappa shape index (κ2) is 4.06. The van der Waals surface area contributed by atoms with Gasteiger partial charge in [0.15, 0.2) is 0 Å². The van der Waals surface area contributed by atoms with Gasteiger partial charge in [-0.1, -0.05) is 6.08 Å². The molecule has 0 amide bonds. The minimum absolute atomic E-state index is 0.177. The average Bonchev–Trinajstić information content (AvgIpc) is 1.82. The molecule has 0 radical (unpaired) electrons. The smallest absolute Gasteiger partial charge is 0.328 e. The van der Waals surface area contributed by atoms with Crippen molar-refractivity contribution in [2.75, 3.05) is 14.1 Å². The molecule has 0 heterocycles. The number of rotatable bonds is 3. The second-order valence-corrected chi connectivity index (χ2v) is 2.40. The summed E-state index contributed by atoms with van der Waals surface area (Å²) in [5.74, 6) is -0.895. The maximum Gasteiger partial charge on any atom is 0.328 e. The quantitative estimate of drug-likeness (QED) is 0.587. The first-order chi connectivity index (χ1) is 4.54. The number of carbonyl (C=O) groups is 1. The third kappa shape index (κ3) is 4.09. The van der Waals surface area contributed by atoms with E-state index in [0.29, 0.717) is 0 Å². The zero-order chi connectivity index (χ0) is 8.15. The molecule has 0 aliphatic heterocycles. The number of nitrogens with zero attached hydrogens (tertiary/aromatic N) is 1. The molecule has 0 aromatic heterocycles. The van der Waals surface area contributed by atoms with Crippen LogP contribution in [0, 0.1) is 0 Å². The van der Waals surface area contributed by atoms with Crippen molar-refractivity contribution >= 4 is 5.97 Å². The average molecular weight is 143 g/mol. The number of carboxylic acids is 1. The summed E-state index contributed by atoms with van der Waals surface area (Å²) >= 11 is 0. The summed E-state index contributed by atoms with van der Waals surface area (Å²) in [7, 11) is 3.80. The molecule has 0 saturated carbocycles. The van der Waals surface area contributed by atoms with E-state index in [9.17, 15) is 4.79 Å². The molecule has 0 aliphatic carbocycles. The highest BCUT2D eigenvalue weighted by molar-refractivity contribution is 5.79. The molecule has 0 fully saturated rings. The van der Waals surface area contributed by atoms with Crippen molar-refractivity contribution < 1.29 is 9.90 Å². The van der Waals surface area contributed by atoms with E-state index in [1.54, 1.807) is 6.08 Å². The van der Waals surface area contributed by atoms with Gasteiger partial charge in [-0.15, -0.1) is 0 Å². The summed E-state index contributed by atoms with van der Waals surface area (Å²) in [6.45, 7) is 1.93. The van der Waals surface area contributed by atoms with Gasteiger partial charge in [-0.05, 0) is 21.0 Å². The van der Waals surface area contributed by atoms with Gasteiger partial charge in [0.1, 0.15) is 0 Å². The van der Waals surface area contributed by atoms with Gasteiger partial charge < -0.3 is 10.0 Å². The van der Waals surface area contributed by atoms with E-state index in [4.69, 9.17) is 5.11 Å². The Bertz CT molecular complexity index is 141. The predicted molar refractivity (Wildman–Crippen MR) is 39.9 cm³/mol. The van der Waals surface area contributed by atoms with Crippen LogP contribution in [0.4, 0.5) is 0 Å². The number of hydrogen-bond donors (Lipinski definition) is 1. The van der Waals surface area contributed by atoms with Crippen LogP contribution in [0.3, 0.4) is 0 Å². The SMILES string of the molecule is C[C@H](/C=C/C(=O)O)N(C)C. The van der Waals surface area contributed by atoms with Crippen molar-refractivity contribution in [3.63, 3.8) is 0 Å². The van der Waals surface area contributed by atoms with Crippen LogP contribution >= 0.6 is 0 Å². The van der Waals surface area contributed by atoms with Crippen LogP contribution in [0.2, 0.25) is 0 Å². The van der Waals surface area contributed by atoms with Gasteiger partial charge in [0.05, 0.1) is 0 Å². The molecule has 10 heavy (non-hydrogen) atoms. The summed E-state index contributed by atoms with van der Waals surface area (Å²) in [5.41, 5.74) is 0. The first-order valence-electron chi connectivity index (χ1n) is 3.11. The molecule has 0 aromatic rings. The summed E-state index contributed by atoms with van der Waals surface area (Å²) in [6, 6.07) is 0.177. The van der Waals surface area contributed by atoms with Crippen LogP contribution in [0.15, 0.2) is 12.2 Å². The molecular formula is C7H13NO2. The predicted octanol–water partition coefficient (Wildman–Crippen LogP) is 0.577. The maximum atomic E-state index is 10.0. The van der Waals surface area contributed by atoms with E-state index in [1.807, 2.05) is 25.9 Å². The standard InChI is InChI=1S/C7H13NO2/c1-6(8(2)3)4-5-7(9)10/h4-6H,1-3H3,(H,9,10)/b5-4+/t6-/m1/s1. The summed E-state index contributed by atoms with van der Waals surface area (Å²) in [4.78, 5) is 12.0. The zero-order valence-corrected chi connectivity index (χ0v) is 6.53. The van der Waals surface area contributed by atoms with E-state index in [0.717, 1.165) is 6.08 Å². The lowest BCUT2D eigenvalue weighted by molar-refractivity contribution is -0.131. The fraction of sp³-hybridized carbons (Fsp3) is 0.571. The van der Waals surface area contributed by atoms with Gasteiger partial charge in [-0.2, -0.15) is 0 Å². The highest BCUT2D eigenvalue weighted by atomic mass is 16.4. The van der Waals surface area contributed by atoms with Gasteiger partial charge in [-0.25, -0.2) is 4.79 Å². The Labute approximate surface area is 61.0 Å². The van der Waals surface area contributed by atoms with Crippen LogP contribution in [-0.2, 0) is 4.79 Å². The summed E-state index contributed by atoms with van der Waals surface area (Å²) in [6.07, 6.45) is 2.80. The summed E-state index contributed by atoms with van der Waals surface area (Å²) < 4.78 is 0. The minimum atomic E-state index is -0.895. The van der Waals surface area contributed by atoms with Gasteiger partial charge in [0.2, 0.25) is 0 Å². The highest BCUT2D eigenvalue weighted by Crippen LogP contribution is 1.92. The topological polar surface area (TPSA) is 40.5 Å². The van der Waals surface area contributed by atoms with Crippen molar-refractivity contribution in [1.82, 2.24) is 4.90 Å². The van der Waals surface area contributed by atoms with Crippen molar-refractivity contribution in [2.45, 2.75) is 13.0 Å². The summed E-state index contributed by atoms with van der Waals surface area (Å²) in [5, 5.41) is 8.24. The molecule has 0 rings (SSSR count). The van der Waals surface area contributed by atoms with Gasteiger partial charge in [-0.3, -0.25) is 0 Å². The molecule has 0 saturated heterocycles. The third-order valence-electron chi connectivity index (χ3n) is 1.33. The lowest BCUT2D eigenvalue weighted by Gasteiger charge is -2.14. The molecule has 0 bridgehead atoms. The number of carboxylic acid groups (broad SMARTS) is 1. The van der Waals surface area contributed by atoms with E-state index in [2.05, 4.69) is 0 Å².